The van der Waals surface area contributed by atoms with E-state index in [0.717, 1.165) is 24.8 Å². The Morgan fingerprint density at radius 2 is 2.41 bits per heavy atom. The highest BCUT2D eigenvalue weighted by Crippen LogP contribution is 2.21. The van der Waals surface area contributed by atoms with Crippen LogP contribution in [0.15, 0.2) is 30.0 Å². The third-order valence-corrected chi connectivity index (χ3v) is 2.75. The number of hydrogen-bond acceptors (Lipinski definition) is 4. The highest BCUT2D eigenvalue weighted by atomic mass is 16.5. The van der Waals surface area contributed by atoms with Crippen molar-refractivity contribution in [2.24, 2.45) is 0 Å². The number of rotatable bonds is 3. The van der Waals surface area contributed by atoms with Crippen LogP contribution in [0.1, 0.15) is 24.8 Å². The predicted octanol–water partition coefficient (Wildman–Crippen LogP) is 1.80. The minimum atomic E-state index is -0.0219. The first-order valence-electron chi connectivity index (χ1n) is 5.65. The maximum atomic E-state index is 9.07. The zero-order valence-corrected chi connectivity index (χ0v) is 9.47. The lowest BCUT2D eigenvalue weighted by atomic mass is 9.98. The van der Waals surface area contributed by atoms with Gasteiger partial charge in [0.1, 0.15) is 12.2 Å². The van der Waals surface area contributed by atoms with Crippen LogP contribution in [0.4, 0.5) is 0 Å². The third-order valence-electron chi connectivity index (χ3n) is 2.75. The highest BCUT2D eigenvalue weighted by molar-refractivity contribution is 5.28. The van der Waals surface area contributed by atoms with Crippen LogP contribution >= 0.6 is 0 Å². The lowest BCUT2D eigenvalue weighted by Crippen LogP contribution is -2.19. The summed E-state index contributed by atoms with van der Waals surface area (Å²) in [7, 11) is 0. The van der Waals surface area contributed by atoms with Crippen molar-refractivity contribution in [2.45, 2.75) is 25.4 Å². The van der Waals surface area contributed by atoms with Crippen molar-refractivity contribution in [3.63, 3.8) is 0 Å². The molecule has 0 spiro atoms. The van der Waals surface area contributed by atoms with E-state index in [1.807, 2.05) is 12.1 Å². The second-order valence-electron chi connectivity index (χ2n) is 4.03. The van der Waals surface area contributed by atoms with Crippen molar-refractivity contribution in [1.82, 2.24) is 4.98 Å². The van der Waals surface area contributed by atoms with E-state index in [9.17, 15) is 0 Å². The molecule has 4 heteroatoms. The number of ether oxygens (including phenoxy) is 1. The topological polar surface area (TPSA) is 66.1 Å². The Balaban J connectivity index is 2.03. The maximum Gasteiger partial charge on any atom is 0.213 e. The van der Waals surface area contributed by atoms with Crippen molar-refractivity contribution in [1.29, 1.82) is 5.26 Å². The average molecular weight is 230 g/mol. The Morgan fingerprint density at radius 1 is 1.53 bits per heavy atom. The van der Waals surface area contributed by atoms with E-state index in [1.165, 1.54) is 6.20 Å². The highest BCUT2D eigenvalue weighted by Gasteiger charge is 2.14. The van der Waals surface area contributed by atoms with Crippen LogP contribution in [0.2, 0.25) is 0 Å². The zero-order chi connectivity index (χ0) is 12.1. The molecule has 0 amide bonds. The van der Waals surface area contributed by atoms with Gasteiger partial charge in [-0.25, -0.2) is 4.98 Å². The SMILES string of the molecule is N#Cc1ccc(OC2C=C(CO)CCC2)nc1. The van der Waals surface area contributed by atoms with E-state index >= 15 is 0 Å². The van der Waals surface area contributed by atoms with Crippen molar-refractivity contribution in [2.75, 3.05) is 6.61 Å². The van der Waals surface area contributed by atoms with Gasteiger partial charge in [-0.15, -0.1) is 0 Å². The van der Waals surface area contributed by atoms with Crippen molar-refractivity contribution in [3.05, 3.63) is 35.5 Å². The number of aliphatic hydroxyl groups excluding tert-OH is 1. The summed E-state index contributed by atoms with van der Waals surface area (Å²) in [5, 5.41) is 17.7. The van der Waals surface area contributed by atoms with Crippen LogP contribution in [-0.4, -0.2) is 22.8 Å². The molecular formula is C13H14N2O2. The van der Waals surface area contributed by atoms with Gasteiger partial charge in [0.15, 0.2) is 0 Å². The molecule has 1 N–H and O–H groups in total. The van der Waals surface area contributed by atoms with Gasteiger partial charge in [-0.2, -0.15) is 5.26 Å². The zero-order valence-electron chi connectivity index (χ0n) is 9.47. The third kappa shape index (κ3) is 3.05. The van der Waals surface area contributed by atoms with Gasteiger partial charge >= 0.3 is 0 Å². The smallest absolute Gasteiger partial charge is 0.213 e. The first-order chi connectivity index (χ1) is 8.31. The van der Waals surface area contributed by atoms with E-state index in [4.69, 9.17) is 15.1 Å². The van der Waals surface area contributed by atoms with Gasteiger partial charge in [0.05, 0.1) is 12.2 Å². The second kappa shape index (κ2) is 5.46. The van der Waals surface area contributed by atoms with Crippen molar-refractivity contribution in [3.8, 4) is 11.9 Å². The van der Waals surface area contributed by atoms with E-state index in [0.29, 0.717) is 11.4 Å². The molecule has 0 aliphatic heterocycles. The summed E-state index contributed by atoms with van der Waals surface area (Å²) in [6.07, 6.45) is 6.33. The molecule has 0 aromatic carbocycles. The van der Waals surface area contributed by atoms with Gasteiger partial charge < -0.3 is 9.84 Å². The summed E-state index contributed by atoms with van der Waals surface area (Å²) in [5.41, 5.74) is 1.54. The van der Waals surface area contributed by atoms with Gasteiger partial charge in [-0.05, 0) is 37.0 Å². The average Bonchev–Trinajstić information content (AvgIpc) is 2.40. The Labute approximate surface area is 100 Å². The maximum absolute atomic E-state index is 9.07. The lowest BCUT2D eigenvalue weighted by Gasteiger charge is -2.20. The number of aromatic nitrogens is 1. The Kier molecular flexibility index (Phi) is 3.73. The molecule has 0 fully saturated rings. The number of pyridine rings is 1. The van der Waals surface area contributed by atoms with Crippen LogP contribution in [0.3, 0.4) is 0 Å². The minimum Gasteiger partial charge on any atom is -0.470 e. The predicted molar refractivity (Wildman–Crippen MR) is 62.4 cm³/mol. The van der Waals surface area contributed by atoms with Gasteiger partial charge in [0.25, 0.3) is 0 Å². The van der Waals surface area contributed by atoms with E-state index in [2.05, 4.69) is 4.98 Å². The molecule has 1 aromatic heterocycles. The molecule has 17 heavy (non-hydrogen) atoms. The van der Waals surface area contributed by atoms with Gasteiger partial charge in [-0.1, -0.05) is 0 Å². The van der Waals surface area contributed by atoms with Gasteiger partial charge in [0.2, 0.25) is 5.88 Å². The summed E-state index contributed by atoms with van der Waals surface area (Å²) in [6.45, 7) is 0.0979. The fourth-order valence-corrected chi connectivity index (χ4v) is 1.86. The molecule has 0 radical (unpaired) electrons. The molecule has 1 aliphatic carbocycles. The van der Waals surface area contributed by atoms with Crippen LogP contribution in [0, 0.1) is 11.3 Å². The van der Waals surface area contributed by atoms with Gasteiger partial charge in [0, 0.05) is 12.3 Å². The summed E-state index contributed by atoms with van der Waals surface area (Å²) in [6, 6.07) is 5.39. The first-order valence-corrected chi connectivity index (χ1v) is 5.65. The van der Waals surface area contributed by atoms with Crippen molar-refractivity contribution >= 4 is 0 Å². The normalized spacial score (nSPS) is 19.3. The molecule has 4 nitrogen and oxygen atoms in total. The molecule has 1 unspecified atom stereocenters. The quantitative estimate of drug-likeness (QED) is 0.804. The molecule has 0 saturated heterocycles. The summed E-state index contributed by atoms with van der Waals surface area (Å²) >= 11 is 0. The largest absolute Gasteiger partial charge is 0.470 e. The van der Waals surface area contributed by atoms with Crippen LogP contribution in [0.5, 0.6) is 5.88 Å². The van der Waals surface area contributed by atoms with E-state index < -0.39 is 0 Å². The summed E-state index contributed by atoms with van der Waals surface area (Å²) in [5.74, 6) is 0.518. The second-order valence-corrected chi connectivity index (χ2v) is 4.03. The van der Waals surface area contributed by atoms with Crippen LogP contribution in [-0.2, 0) is 0 Å². The van der Waals surface area contributed by atoms with Gasteiger partial charge in [-0.3, -0.25) is 0 Å². The van der Waals surface area contributed by atoms with E-state index in [1.54, 1.807) is 12.1 Å². The molecule has 1 aromatic rings. The monoisotopic (exact) mass is 230 g/mol. The fourth-order valence-electron chi connectivity index (χ4n) is 1.86. The number of aliphatic hydroxyl groups is 1. The number of nitriles is 1. The van der Waals surface area contributed by atoms with Crippen LogP contribution < -0.4 is 4.74 Å². The van der Waals surface area contributed by atoms with Crippen LogP contribution in [0.25, 0.3) is 0 Å². The Hall–Kier alpha value is -1.86. The number of hydrogen-bond donors (Lipinski definition) is 1. The summed E-state index contributed by atoms with van der Waals surface area (Å²) < 4.78 is 5.68. The lowest BCUT2D eigenvalue weighted by molar-refractivity contribution is 0.213. The Bertz CT molecular complexity index is 445. The molecule has 1 aliphatic rings. The fraction of sp³-hybridized carbons (Fsp3) is 0.385. The molecule has 0 bridgehead atoms. The first kappa shape index (κ1) is 11.6. The summed E-state index contributed by atoms with van der Waals surface area (Å²) in [4.78, 5) is 4.06. The molecule has 1 atom stereocenters. The molecule has 0 saturated carbocycles. The van der Waals surface area contributed by atoms with Crippen molar-refractivity contribution < 1.29 is 9.84 Å². The molecule has 88 valence electrons. The minimum absolute atomic E-state index is 0.0219. The molecule has 2 rings (SSSR count). The standard InChI is InChI=1S/C13H14N2O2/c14-7-11-4-5-13(15-8-11)17-12-3-1-2-10(6-12)9-16/h4-6,8,12,16H,1-3,9H2. The molecule has 1 heterocycles. The molecular weight excluding hydrogens is 216 g/mol. The Morgan fingerprint density at radius 3 is 3.06 bits per heavy atom. The van der Waals surface area contributed by atoms with E-state index in [-0.39, 0.29) is 12.7 Å². The number of nitrogens with zero attached hydrogens (tertiary/aromatic N) is 2.